The fourth-order valence-corrected chi connectivity index (χ4v) is 3.67. The lowest BCUT2D eigenvalue weighted by Crippen LogP contribution is -2.14. The molecule has 1 aromatic rings. The van der Waals surface area contributed by atoms with Gasteiger partial charge in [0, 0.05) is 0 Å². The molecule has 0 aliphatic heterocycles. The Morgan fingerprint density at radius 2 is 1.71 bits per heavy atom. The van der Waals surface area contributed by atoms with Crippen molar-refractivity contribution in [2.24, 2.45) is 11.8 Å². The van der Waals surface area contributed by atoms with Crippen molar-refractivity contribution in [3.63, 3.8) is 0 Å². The first-order valence-corrected chi connectivity index (χ1v) is 9.69. The molecule has 1 saturated carbocycles. The highest BCUT2D eigenvalue weighted by atomic mass is 16.5. The van der Waals surface area contributed by atoms with Crippen molar-refractivity contribution in [3.05, 3.63) is 60.2 Å². The Morgan fingerprint density at radius 3 is 2.38 bits per heavy atom. The second-order valence-electron chi connectivity index (χ2n) is 7.18. The fraction of sp³-hybridized carbons (Fsp3) is 0.565. The van der Waals surface area contributed by atoms with Crippen LogP contribution in [0.25, 0.3) is 0 Å². The largest absolute Gasteiger partial charge is 0.376 e. The number of hydrogen-bond donors (Lipinski definition) is 0. The molecule has 0 radical (unpaired) electrons. The number of benzene rings is 1. The summed E-state index contributed by atoms with van der Waals surface area (Å²) in [6, 6.07) is 9.03. The predicted octanol–water partition coefficient (Wildman–Crippen LogP) is 6.48. The van der Waals surface area contributed by atoms with Crippen LogP contribution in [0.5, 0.6) is 0 Å². The van der Waals surface area contributed by atoms with Gasteiger partial charge in [-0.1, -0.05) is 55.3 Å². The normalized spacial score (nSPS) is 21.2. The third-order valence-corrected chi connectivity index (χ3v) is 5.26. The van der Waals surface area contributed by atoms with Gasteiger partial charge in [-0.05, 0) is 68.4 Å². The van der Waals surface area contributed by atoms with Gasteiger partial charge in [0.05, 0.1) is 13.2 Å². The molecule has 1 nitrogen and oxygen atoms in total. The Hall–Kier alpha value is -1.34. The molecule has 1 fully saturated rings. The Kier molecular flexibility index (Phi) is 8.91. The molecule has 1 aromatic carbocycles. The van der Waals surface area contributed by atoms with E-state index in [4.69, 9.17) is 4.74 Å². The summed E-state index contributed by atoms with van der Waals surface area (Å²) in [5, 5.41) is 0. The van der Waals surface area contributed by atoms with Crippen LogP contribution < -0.4 is 0 Å². The molecule has 2 rings (SSSR count). The van der Waals surface area contributed by atoms with Crippen LogP contribution in [0.3, 0.4) is 0 Å². The summed E-state index contributed by atoms with van der Waals surface area (Å²) < 4.78 is 5.69. The maximum atomic E-state index is 5.69. The summed E-state index contributed by atoms with van der Waals surface area (Å²) in [5.41, 5.74) is 2.75. The van der Waals surface area contributed by atoms with Crippen molar-refractivity contribution in [1.82, 2.24) is 0 Å². The van der Waals surface area contributed by atoms with Gasteiger partial charge >= 0.3 is 0 Å². The lowest BCUT2D eigenvalue weighted by Gasteiger charge is -2.27. The van der Waals surface area contributed by atoms with Crippen molar-refractivity contribution in [3.8, 4) is 0 Å². The highest BCUT2D eigenvalue weighted by molar-refractivity contribution is 5.22. The zero-order chi connectivity index (χ0) is 17.0. The van der Waals surface area contributed by atoms with E-state index < -0.39 is 0 Å². The van der Waals surface area contributed by atoms with Crippen LogP contribution in [0.2, 0.25) is 0 Å². The van der Waals surface area contributed by atoms with Crippen LogP contribution in [0, 0.1) is 11.8 Å². The van der Waals surface area contributed by atoms with E-state index in [0.29, 0.717) is 0 Å². The molecule has 1 heteroatoms. The summed E-state index contributed by atoms with van der Waals surface area (Å²) >= 11 is 0. The Bertz CT molecular complexity index is 477. The summed E-state index contributed by atoms with van der Waals surface area (Å²) in [5.74, 6) is 1.84. The molecule has 0 aromatic heterocycles. The van der Waals surface area contributed by atoms with Crippen molar-refractivity contribution in [1.29, 1.82) is 0 Å². The van der Waals surface area contributed by atoms with Gasteiger partial charge in [-0.15, -0.1) is 6.58 Å². The second-order valence-corrected chi connectivity index (χ2v) is 7.18. The summed E-state index contributed by atoms with van der Waals surface area (Å²) in [6.07, 6.45) is 16.7. The van der Waals surface area contributed by atoms with Crippen LogP contribution in [0.1, 0.15) is 63.0 Å². The summed E-state index contributed by atoms with van der Waals surface area (Å²) in [6.45, 7) is 7.46. The van der Waals surface area contributed by atoms with E-state index in [2.05, 4.69) is 49.1 Å². The Balaban J connectivity index is 1.64. The van der Waals surface area contributed by atoms with Gasteiger partial charge < -0.3 is 4.74 Å². The van der Waals surface area contributed by atoms with Gasteiger partial charge in [0.25, 0.3) is 0 Å². The van der Waals surface area contributed by atoms with Crippen molar-refractivity contribution >= 4 is 0 Å². The number of aryl methyl sites for hydroxylation is 1. The molecular weight excluding hydrogens is 292 g/mol. The van der Waals surface area contributed by atoms with Gasteiger partial charge in [-0.3, -0.25) is 0 Å². The molecular formula is C23H34O. The minimum atomic E-state index is 0.727. The SMILES string of the molecule is C=CCC1CCC(CCc2ccc(COCC/C=C/C)cc2)CC1. The average Bonchev–Trinajstić information content (AvgIpc) is 2.62. The third kappa shape index (κ3) is 7.05. The number of allylic oxidation sites excluding steroid dienone is 2. The Labute approximate surface area is 148 Å². The van der Waals surface area contributed by atoms with Crippen LogP contribution in [-0.2, 0) is 17.8 Å². The van der Waals surface area contributed by atoms with Crippen LogP contribution in [0.15, 0.2) is 49.1 Å². The first-order valence-electron chi connectivity index (χ1n) is 9.69. The number of rotatable bonds is 10. The van der Waals surface area contributed by atoms with E-state index in [9.17, 15) is 0 Å². The van der Waals surface area contributed by atoms with Gasteiger partial charge in [0.2, 0.25) is 0 Å². The minimum absolute atomic E-state index is 0.727. The maximum Gasteiger partial charge on any atom is 0.0717 e. The smallest absolute Gasteiger partial charge is 0.0717 e. The predicted molar refractivity (Wildman–Crippen MR) is 104 cm³/mol. The molecule has 0 N–H and O–H groups in total. The minimum Gasteiger partial charge on any atom is -0.376 e. The highest BCUT2D eigenvalue weighted by Crippen LogP contribution is 2.33. The molecule has 0 heterocycles. The molecule has 24 heavy (non-hydrogen) atoms. The van der Waals surface area contributed by atoms with Crippen molar-refractivity contribution in [2.45, 2.75) is 64.9 Å². The van der Waals surface area contributed by atoms with Gasteiger partial charge in [0.15, 0.2) is 0 Å². The van der Waals surface area contributed by atoms with E-state index >= 15 is 0 Å². The maximum absolute atomic E-state index is 5.69. The lowest BCUT2D eigenvalue weighted by molar-refractivity contribution is 0.125. The summed E-state index contributed by atoms with van der Waals surface area (Å²) in [4.78, 5) is 0. The van der Waals surface area contributed by atoms with E-state index in [1.807, 2.05) is 6.92 Å². The summed E-state index contributed by atoms with van der Waals surface area (Å²) in [7, 11) is 0. The second kappa shape index (κ2) is 11.3. The zero-order valence-corrected chi connectivity index (χ0v) is 15.4. The molecule has 1 aliphatic carbocycles. The molecule has 0 saturated heterocycles. The number of hydrogen-bond acceptors (Lipinski definition) is 1. The third-order valence-electron chi connectivity index (χ3n) is 5.26. The molecule has 0 amide bonds. The lowest BCUT2D eigenvalue weighted by atomic mass is 9.78. The van der Waals surface area contributed by atoms with E-state index in [-0.39, 0.29) is 0 Å². The number of ether oxygens (including phenoxy) is 1. The van der Waals surface area contributed by atoms with Gasteiger partial charge in [-0.2, -0.15) is 0 Å². The van der Waals surface area contributed by atoms with Crippen molar-refractivity contribution in [2.75, 3.05) is 6.61 Å². The molecule has 1 aliphatic rings. The van der Waals surface area contributed by atoms with Crippen molar-refractivity contribution < 1.29 is 4.74 Å². The van der Waals surface area contributed by atoms with E-state index in [0.717, 1.165) is 31.5 Å². The van der Waals surface area contributed by atoms with Gasteiger partial charge in [0.1, 0.15) is 0 Å². The van der Waals surface area contributed by atoms with Crippen LogP contribution in [-0.4, -0.2) is 6.61 Å². The quantitative estimate of drug-likeness (QED) is 0.353. The van der Waals surface area contributed by atoms with E-state index in [1.165, 1.54) is 56.1 Å². The topological polar surface area (TPSA) is 9.23 Å². The Morgan fingerprint density at radius 1 is 1.04 bits per heavy atom. The van der Waals surface area contributed by atoms with E-state index in [1.54, 1.807) is 0 Å². The highest BCUT2D eigenvalue weighted by Gasteiger charge is 2.19. The molecule has 132 valence electrons. The average molecular weight is 327 g/mol. The first kappa shape index (κ1) is 19.0. The molecule has 0 bridgehead atoms. The van der Waals surface area contributed by atoms with Crippen LogP contribution in [0.4, 0.5) is 0 Å². The monoisotopic (exact) mass is 326 g/mol. The molecule has 0 atom stereocenters. The first-order chi connectivity index (χ1) is 11.8. The molecule has 0 spiro atoms. The fourth-order valence-electron chi connectivity index (χ4n) is 3.67. The van der Waals surface area contributed by atoms with Gasteiger partial charge in [-0.25, -0.2) is 0 Å². The van der Waals surface area contributed by atoms with Crippen LogP contribution >= 0.6 is 0 Å². The zero-order valence-electron chi connectivity index (χ0n) is 15.4. The molecule has 0 unspecified atom stereocenters. The standard InChI is InChI=1S/C23H34O/c1-3-5-6-18-24-19-23-16-14-22(15-17-23)13-12-21-10-8-20(7-4-2)9-11-21/h3-5,14-17,20-21H,2,6-13,18-19H2,1H3/b5-3+.